The SMILES string of the molecule is CC([NH3+])(P(=O)([O-])O)P(=O)([O-])O.c1ccc2[nH+][nH]nc2c1. The number of nitrogens with zero attached hydrogens (tertiary/aromatic N) is 1. The summed E-state index contributed by atoms with van der Waals surface area (Å²) in [4.78, 5) is 37.1. The van der Waals surface area contributed by atoms with Gasteiger partial charge in [0.2, 0.25) is 25.7 Å². The standard InChI is InChI=1S/C6H5N3.C2H9NO6P2/c1-2-4-6-5(3-1)7-9-8-6;1-2(3,10(4,5)6)11(7,8)9/h1-4H,(H,7,8,9);3H2,1H3,(H2,4,5,6)(H2,7,8,9). The van der Waals surface area contributed by atoms with E-state index < -0.39 is 20.2 Å². The van der Waals surface area contributed by atoms with Crippen molar-refractivity contribution in [1.29, 1.82) is 0 Å². The van der Waals surface area contributed by atoms with Crippen molar-refractivity contribution < 1.29 is 39.5 Å². The van der Waals surface area contributed by atoms with Crippen LogP contribution in [0.15, 0.2) is 24.3 Å². The highest BCUT2D eigenvalue weighted by Crippen LogP contribution is 2.59. The van der Waals surface area contributed by atoms with Gasteiger partial charge in [-0.05, 0) is 12.1 Å². The Morgan fingerprint density at radius 1 is 1.30 bits per heavy atom. The van der Waals surface area contributed by atoms with Crippen LogP contribution in [0.1, 0.15) is 6.92 Å². The van der Waals surface area contributed by atoms with Crippen LogP contribution in [0.5, 0.6) is 0 Å². The van der Waals surface area contributed by atoms with Gasteiger partial charge in [-0.15, -0.1) is 0 Å². The number of aromatic nitrogens is 3. The van der Waals surface area contributed by atoms with Gasteiger partial charge < -0.3 is 34.4 Å². The van der Waals surface area contributed by atoms with E-state index in [9.17, 15) is 18.9 Å². The molecule has 2 atom stereocenters. The molecule has 1 aromatic heterocycles. The molecule has 10 nitrogen and oxygen atoms in total. The quantitative estimate of drug-likeness (QED) is 0.434. The third-order valence-corrected chi connectivity index (χ3v) is 6.44. The maximum absolute atomic E-state index is 10.3. The first-order chi connectivity index (χ1) is 8.97. The van der Waals surface area contributed by atoms with Crippen LogP contribution in [0.4, 0.5) is 0 Å². The number of quaternary nitrogens is 1. The molecule has 7 N–H and O–H groups in total. The van der Waals surface area contributed by atoms with Crippen LogP contribution in [-0.4, -0.2) is 25.1 Å². The van der Waals surface area contributed by atoms with Gasteiger partial charge in [0.05, 0.1) is 0 Å². The van der Waals surface area contributed by atoms with Gasteiger partial charge in [-0.1, -0.05) is 17.3 Å². The minimum atomic E-state index is -5.18. The van der Waals surface area contributed by atoms with E-state index in [1.807, 2.05) is 24.3 Å². The number of hydrogen-bond acceptors (Lipinski definition) is 5. The summed E-state index contributed by atoms with van der Waals surface area (Å²) in [6.07, 6.45) is 0. The molecule has 0 bridgehead atoms. The van der Waals surface area contributed by atoms with Gasteiger partial charge in [0.15, 0.2) is 5.52 Å². The fraction of sp³-hybridized carbons (Fsp3) is 0.250. The average Bonchev–Trinajstić information content (AvgIpc) is 2.74. The van der Waals surface area contributed by atoms with Crippen molar-refractivity contribution >= 4 is 26.2 Å². The second-order valence-electron chi connectivity index (χ2n) is 4.12. The fourth-order valence-corrected chi connectivity index (χ4v) is 2.26. The molecule has 0 fully saturated rings. The van der Waals surface area contributed by atoms with E-state index in [0.29, 0.717) is 6.92 Å². The van der Waals surface area contributed by atoms with Crippen molar-refractivity contribution in [3.8, 4) is 0 Å². The molecule has 0 spiro atoms. The summed E-state index contributed by atoms with van der Waals surface area (Å²) < 4.78 is 20.6. The molecular formula is C8H14N4O6P2. The molecule has 0 saturated carbocycles. The number of hydrogen-bond donors (Lipinski definition) is 4. The van der Waals surface area contributed by atoms with Crippen molar-refractivity contribution in [2.75, 3.05) is 0 Å². The zero-order chi connectivity index (χ0) is 15.6. The van der Waals surface area contributed by atoms with Crippen molar-refractivity contribution in [3.05, 3.63) is 24.3 Å². The molecule has 12 heteroatoms. The first-order valence-electron chi connectivity index (χ1n) is 5.21. The van der Waals surface area contributed by atoms with Crippen LogP contribution in [-0.2, 0) is 9.13 Å². The number of benzene rings is 1. The third kappa shape index (κ3) is 3.71. The molecule has 0 saturated heterocycles. The van der Waals surface area contributed by atoms with Gasteiger partial charge in [-0.2, -0.15) is 5.10 Å². The molecule has 0 aliphatic carbocycles. The predicted octanol–water partition coefficient (Wildman–Crippen LogP) is -2.63. The van der Waals surface area contributed by atoms with Crippen LogP contribution in [0.2, 0.25) is 0 Å². The number of aromatic amines is 2. The molecule has 1 aromatic carbocycles. The zero-order valence-electron chi connectivity index (χ0n) is 10.4. The Hall–Kier alpha value is -1.12. The molecule has 2 unspecified atom stereocenters. The Morgan fingerprint density at radius 2 is 1.80 bits per heavy atom. The number of H-pyrrole nitrogens is 2. The topological polar surface area (TPSA) is 191 Å². The Morgan fingerprint density at radius 3 is 2.20 bits per heavy atom. The monoisotopic (exact) mass is 324 g/mol. The molecule has 0 radical (unpaired) electrons. The highest BCUT2D eigenvalue weighted by Gasteiger charge is 2.44. The second-order valence-corrected chi connectivity index (χ2v) is 8.53. The van der Waals surface area contributed by atoms with E-state index in [0.717, 1.165) is 11.0 Å². The Labute approximate surface area is 113 Å². The molecule has 2 rings (SSSR count). The summed E-state index contributed by atoms with van der Waals surface area (Å²) in [7, 11) is -10.4. The Balaban J connectivity index is 0.000000202. The third-order valence-electron chi connectivity index (χ3n) is 2.49. The van der Waals surface area contributed by atoms with Crippen LogP contribution in [0, 0.1) is 0 Å². The lowest BCUT2D eigenvalue weighted by Crippen LogP contribution is -2.72. The van der Waals surface area contributed by atoms with Gasteiger partial charge in [0, 0.05) is 12.0 Å². The summed E-state index contributed by atoms with van der Waals surface area (Å²) >= 11 is 0. The molecule has 0 aliphatic rings. The molecule has 0 aliphatic heterocycles. The lowest BCUT2D eigenvalue weighted by Gasteiger charge is -2.36. The smallest absolute Gasteiger partial charge is 0.248 e. The minimum absolute atomic E-state index is 0.592. The predicted molar refractivity (Wildman–Crippen MR) is 63.6 cm³/mol. The molecule has 1 heterocycles. The van der Waals surface area contributed by atoms with Crippen LogP contribution in [0.3, 0.4) is 0 Å². The molecule has 112 valence electrons. The number of fused-ring (bicyclic) bond motifs is 1. The van der Waals surface area contributed by atoms with Gasteiger partial charge in [0.1, 0.15) is 0 Å². The largest absolute Gasteiger partial charge is 0.774 e. The van der Waals surface area contributed by atoms with Crippen molar-refractivity contribution in [3.63, 3.8) is 0 Å². The highest BCUT2D eigenvalue weighted by atomic mass is 31.2. The summed E-state index contributed by atoms with van der Waals surface area (Å²) in [6, 6.07) is 7.84. The number of para-hydroxylation sites is 2. The van der Waals surface area contributed by atoms with Gasteiger partial charge >= 0.3 is 0 Å². The molecule has 2 aromatic rings. The number of nitrogens with one attached hydrogen (secondary N) is 2. The highest BCUT2D eigenvalue weighted by molar-refractivity contribution is 7.70. The second kappa shape index (κ2) is 5.71. The van der Waals surface area contributed by atoms with E-state index in [1.165, 1.54) is 0 Å². The summed E-state index contributed by atoms with van der Waals surface area (Å²) in [5, 5.41) is 6.72. The fourth-order valence-electron chi connectivity index (χ4n) is 0.985. The minimum Gasteiger partial charge on any atom is -0.774 e. The van der Waals surface area contributed by atoms with Crippen molar-refractivity contribution in [2.24, 2.45) is 0 Å². The first-order valence-corrected chi connectivity index (χ1v) is 8.36. The van der Waals surface area contributed by atoms with E-state index in [4.69, 9.17) is 9.79 Å². The maximum Gasteiger partial charge on any atom is 0.248 e. The Kier molecular flexibility index (Phi) is 4.83. The molecule has 0 amide bonds. The lowest BCUT2D eigenvalue weighted by atomic mass is 10.3. The normalized spacial score (nSPS) is 20.1. The van der Waals surface area contributed by atoms with Gasteiger partial charge in [-0.25, -0.2) is 0 Å². The van der Waals surface area contributed by atoms with E-state index in [1.54, 1.807) is 0 Å². The number of rotatable bonds is 2. The first kappa shape index (κ1) is 16.9. The maximum atomic E-state index is 10.3. The van der Waals surface area contributed by atoms with Gasteiger partial charge in [-0.3, -0.25) is 0 Å². The summed E-state index contributed by atoms with van der Waals surface area (Å²) in [5.74, 6) is 0. The average molecular weight is 324 g/mol. The summed E-state index contributed by atoms with van der Waals surface area (Å²) in [6.45, 7) is 0.592. The van der Waals surface area contributed by atoms with Crippen LogP contribution < -0.4 is 20.6 Å². The van der Waals surface area contributed by atoms with Crippen LogP contribution >= 0.6 is 15.2 Å². The van der Waals surface area contributed by atoms with Gasteiger partial charge in [0.25, 0.3) is 0 Å². The zero-order valence-corrected chi connectivity index (χ0v) is 12.2. The molecule has 20 heavy (non-hydrogen) atoms. The Bertz CT molecular complexity index is 620. The molecular weight excluding hydrogens is 310 g/mol. The van der Waals surface area contributed by atoms with Crippen molar-refractivity contribution in [1.82, 2.24) is 10.3 Å². The lowest BCUT2D eigenvalue weighted by molar-refractivity contribution is -0.435. The summed E-state index contributed by atoms with van der Waals surface area (Å²) in [5.41, 5.74) is 4.67. The van der Waals surface area contributed by atoms with E-state index in [2.05, 4.69) is 21.1 Å². The van der Waals surface area contributed by atoms with E-state index in [-0.39, 0.29) is 0 Å². The van der Waals surface area contributed by atoms with E-state index >= 15 is 0 Å². The van der Waals surface area contributed by atoms with Crippen molar-refractivity contribution in [2.45, 2.75) is 11.9 Å². The van der Waals surface area contributed by atoms with Crippen LogP contribution in [0.25, 0.3) is 11.0 Å².